The molecule has 0 saturated heterocycles. The van der Waals surface area contributed by atoms with Gasteiger partial charge in [-0.05, 0) is 23.2 Å². The molecule has 1 aromatic rings. The van der Waals surface area contributed by atoms with Crippen molar-refractivity contribution in [1.82, 2.24) is 0 Å². The molecule has 0 aromatic heterocycles. The second-order valence-corrected chi connectivity index (χ2v) is 4.71. The normalized spacial score (nSPS) is 10.5. The molecule has 1 aromatic carbocycles. The number of nitrogens with one attached hydrogen (secondary N) is 1. The summed E-state index contributed by atoms with van der Waals surface area (Å²) in [5, 5.41) is 3.38. The van der Waals surface area contributed by atoms with Gasteiger partial charge in [-0.3, -0.25) is 4.72 Å². The summed E-state index contributed by atoms with van der Waals surface area (Å²) >= 11 is 0. The first-order valence-electron chi connectivity index (χ1n) is 4.09. The molecule has 7 heteroatoms. The van der Waals surface area contributed by atoms with Crippen LogP contribution >= 0.6 is 0 Å². The Bertz CT molecular complexity index is 491. The zero-order valence-corrected chi connectivity index (χ0v) is 8.90. The smallest absolute Gasteiger partial charge is 0.229 e. The van der Waals surface area contributed by atoms with E-state index >= 15 is 0 Å². The lowest BCUT2D eigenvalue weighted by Crippen LogP contribution is -2.09. The zero-order valence-electron chi connectivity index (χ0n) is 8.08. The standard InChI is InChI=1S/C8H10N4O2S/c1-15(13,14)11-8-4-2-3-7(5-8)6-10-12-9/h2-5,11H,6H2,1H3. The van der Waals surface area contributed by atoms with E-state index in [4.69, 9.17) is 5.53 Å². The molecule has 0 aliphatic carbocycles. The summed E-state index contributed by atoms with van der Waals surface area (Å²) in [4.78, 5) is 2.62. The predicted molar refractivity (Wildman–Crippen MR) is 57.8 cm³/mol. The zero-order chi connectivity index (χ0) is 11.3. The highest BCUT2D eigenvalue weighted by molar-refractivity contribution is 7.92. The lowest BCUT2D eigenvalue weighted by molar-refractivity contribution is 0.607. The van der Waals surface area contributed by atoms with Gasteiger partial charge in [0, 0.05) is 10.6 Å². The fourth-order valence-electron chi connectivity index (χ4n) is 1.06. The number of anilines is 1. The average Bonchev–Trinajstić information content (AvgIpc) is 2.12. The van der Waals surface area contributed by atoms with Gasteiger partial charge in [0.2, 0.25) is 10.0 Å². The molecule has 0 fully saturated rings. The van der Waals surface area contributed by atoms with E-state index in [0.29, 0.717) is 5.69 Å². The third-order valence-electron chi connectivity index (χ3n) is 1.55. The molecule has 6 nitrogen and oxygen atoms in total. The van der Waals surface area contributed by atoms with Crippen LogP contribution in [0.5, 0.6) is 0 Å². The Morgan fingerprint density at radius 1 is 1.53 bits per heavy atom. The molecule has 0 amide bonds. The highest BCUT2D eigenvalue weighted by atomic mass is 32.2. The van der Waals surface area contributed by atoms with Gasteiger partial charge in [0.1, 0.15) is 0 Å². The Labute approximate surface area is 87.6 Å². The van der Waals surface area contributed by atoms with Crippen molar-refractivity contribution in [3.63, 3.8) is 0 Å². The average molecular weight is 226 g/mol. The molecule has 0 spiro atoms. The fourth-order valence-corrected chi connectivity index (χ4v) is 1.62. The Morgan fingerprint density at radius 2 is 2.27 bits per heavy atom. The summed E-state index contributed by atoms with van der Waals surface area (Å²) in [7, 11) is -3.27. The Morgan fingerprint density at radius 3 is 2.87 bits per heavy atom. The van der Waals surface area contributed by atoms with Crippen molar-refractivity contribution in [2.75, 3.05) is 11.0 Å². The van der Waals surface area contributed by atoms with Gasteiger partial charge in [-0.1, -0.05) is 17.2 Å². The van der Waals surface area contributed by atoms with Crippen molar-refractivity contribution in [3.05, 3.63) is 40.3 Å². The predicted octanol–water partition coefficient (Wildman–Crippen LogP) is 1.87. The van der Waals surface area contributed by atoms with Crippen LogP contribution in [0.3, 0.4) is 0 Å². The minimum Gasteiger partial charge on any atom is -0.284 e. The molecule has 80 valence electrons. The summed E-state index contributed by atoms with van der Waals surface area (Å²) in [6.45, 7) is 0.204. The molecule has 0 bridgehead atoms. The fraction of sp³-hybridized carbons (Fsp3) is 0.250. The van der Waals surface area contributed by atoms with Crippen molar-refractivity contribution < 1.29 is 8.42 Å². The Balaban J connectivity index is 2.87. The third-order valence-corrected chi connectivity index (χ3v) is 2.15. The van der Waals surface area contributed by atoms with Gasteiger partial charge < -0.3 is 0 Å². The second kappa shape index (κ2) is 4.68. The van der Waals surface area contributed by atoms with Crippen molar-refractivity contribution in [1.29, 1.82) is 0 Å². The molecule has 0 heterocycles. The molecule has 0 aliphatic rings. The maximum Gasteiger partial charge on any atom is 0.229 e. The molecule has 0 unspecified atom stereocenters. The first-order chi connectivity index (χ1) is 7.01. The first-order valence-corrected chi connectivity index (χ1v) is 5.98. The van der Waals surface area contributed by atoms with Crippen LogP contribution in [0.25, 0.3) is 10.4 Å². The molecule has 15 heavy (non-hydrogen) atoms. The Hall–Kier alpha value is -1.72. The van der Waals surface area contributed by atoms with Crippen LogP contribution in [0, 0.1) is 0 Å². The monoisotopic (exact) mass is 226 g/mol. The molecule has 0 radical (unpaired) electrons. The summed E-state index contributed by atoms with van der Waals surface area (Å²) in [5.74, 6) is 0. The van der Waals surface area contributed by atoms with Gasteiger partial charge in [0.25, 0.3) is 0 Å². The van der Waals surface area contributed by atoms with Crippen molar-refractivity contribution in [2.24, 2.45) is 5.11 Å². The number of sulfonamides is 1. The topological polar surface area (TPSA) is 94.9 Å². The van der Waals surface area contributed by atoms with Crippen LogP contribution in [0.2, 0.25) is 0 Å². The number of rotatable bonds is 4. The van der Waals surface area contributed by atoms with E-state index in [0.717, 1.165) is 11.8 Å². The van der Waals surface area contributed by atoms with Crippen LogP contribution < -0.4 is 4.72 Å². The molecule has 0 aliphatic heterocycles. The summed E-state index contributed by atoms with van der Waals surface area (Å²) < 4.78 is 24.2. The third kappa shape index (κ3) is 4.35. The van der Waals surface area contributed by atoms with E-state index in [2.05, 4.69) is 14.7 Å². The van der Waals surface area contributed by atoms with Crippen molar-refractivity contribution in [3.8, 4) is 0 Å². The number of benzene rings is 1. The number of hydrogen-bond donors (Lipinski definition) is 1. The Kier molecular flexibility index (Phi) is 3.54. The lowest BCUT2D eigenvalue weighted by atomic mass is 10.2. The minimum absolute atomic E-state index is 0.204. The van der Waals surface area contributed by atoms with E-state index in [9.17, 15) is 8.42 Å². The number of azide groups is 1. The first kappa shape index (κ1) is 11.4. The van der Waals surface area contributed by atoms with Gasteiger partial charge in [0.15, 0.2) is 0 Å². The van der Waals surface area contributed by atoms with Gasteiger partial charge >= 0.3 is 0 Å². The number of hydrogen-bond acceptors (Lipinski definition) is 3. The van der Waals surface area contributed by atoms with Crippen molar-refractivity contribution >= 4 is 15.7 Å². The molecule has 0 saturated carbocycles. The van der Waals surface area contributed by atoms with Crippen LogP contribution in [-0.2, 0) is 16.6 Å². The highest BCUT2D eigenvalue weighted by Crippen LogP contribution is 2.12. The summed E-state index contributed by atoms with van der Waals surface area (Å²) in [6, 6.07) is 6.69. The maximum absolute atomic E-state index is 10.9. The van der Waals surface area contributed by atoms with E-state index in [1.165, 1.54) is 0 Å². The van der Waals surface area contributed by atoms with Crippen LogP contribution in [0.4, 0.5) is 5.69 Å². The summed E-state index contributed by atoms with van der Waals surface area (Å²) in [6.07, 6.45) is 1.08. The lowest BCUT2D eigenvalue weighted by Gasteiger charge is -2.04. The van der Waals surface area contributed by atoms with Crippen LogP contribution in [0.1, 0.15) is 5.56 Å². The van der Waals surface area contributed by atoms with E-state index in [1.54, 1.807) is 24.3 Å². The van der Waals surface area contributed by atoms with E-state index < -0.39 is 10.0 Å². The largest absolute Gasteiger partial charge is 0.284 e. The highest BCUT2D eigenvalue weighted by Gasteiger charge is 2.01. The molecular formula is C8H10N4O2S. The SMILES string of the molecule is CS(=O)(=O)Nc1cccc(CN=[N+]=[N-])c1. The summed E-state index contributed by atoms with van der Waals surface area (Å²) in [5.41, 5.74) is 9.34. The van der Waals surface area contributed by atoms with Gasteiger partial charge in [-0.25, -0.2) is 8.42 Å². The molecule has 1 rings (SSSR count). The molecule has 1 N–H and O–H groups in total. The minimum atomic E-state index is -3.27. The van der Waals surface area contributed by atoms with Crippen molar-refractivity contribution in [2.45, 2.75) is 6.54 Å². The molecule has 0 atom stereocenters. The van der Waals surface area contributed by atoms with Gasteiger partial charge in [0.05, 0.1) is 12.8 Å². The second-order valence-electron chi connectivity index (χ2n) is 2.96. The van der Waals surface area contributed by atoms with Gasteiger partial charge in [-0.15, -0.1) is 0 Å². The van der Waals surface area contributed by atoms with Crippen LogP contribution in [-0.4, -0.2) is 14.7 Å². The number of nitrogens with zero attached hydrogens (tertiary/aromatic N) is 3. The van der Waals surface area contributed by atoms with E-state index in [-0.39, 0.29) is 6.54 Å². The van der Waals surface area contributed by atoms with Gasteiger partial charge in [-0.2, -0.15) is 0 Å². The quantitative estimate of drug-likeness (QED) is 0.482. The maximum atomic E-state index is 10.9. The molecular weight excluding hydrogens is 216 g/mol. The van der Waals surface area contributed by atoms with Crippen LogP contribution in [0.15, 0.2) is 29.4 Å². The van der Waals surface area contributed by atoms with E-state index in [1.807, 2.05) is 0 Å².